The van der Waals surface area contributed by atoms with E-state index in [2.05, 4.69) is 39.2 Å². The molecule has 122 valence electrons. The lowest BCUT2D eigenvalue weighted by Crippen LogP contribution is -2.31. The molecule has 3 rings (SSSR count). The lowest BCUT2D eigenvalue weighted by atomic mass is 10.1. The molecule has 0 spiro atoms. The van der Waals surface area contributed by atoms with E-state index >= 15 is 0 Å². The molecule has 23 heavy (non-hydrogen) atoms. The predicted molar refractivity (Wildman–Crippen MR) is 94.9 cm³/mol. The molecule has 1 aromatic heterocycles. The van der Waals surface area contributed by atoms with Crippen LogP contribution < -0.4 is 5.32 Å². The van der Waals surface area contributed by atoms with Gasteiger partial charge < -0.3 is 5.32 Å². The number of halogens is 1. The zero-order chi connectivity index (χ0) is 16.1. The quantitative estimate of drug-likeness (QED) is 0.871. The van der Waals surface area contributed by atoms with Crippen LogP contribution in [0.4, 0.5) is 5.82 Å². The molecule has 4 nitrogen and oxygen atoms in total. The van der Waals surface area contributed by atoms with Crippen LogP contribution in [0, 0.1) is 0 Å². The van der Waals surface area contributed by atoms with Crippen LogP contribution in [0.5, 0.6) is 0 Å². The van der Waals surface area contributed by atoms with E-state index in [9.17, 15) is 0 Å². The number of nitrogens with one attached hydrogen (secondary N) is 1. The number of rotatable bonds is 6. The van der Waals surface area contributed by atoms with E-state index in [4.69, 9.17) is 11.6 Å². The lowest BCUT2D eigenvalue weighted by molar-refractivity contribution is 0.256. The van der Waals surface area contributed by atoms with Gasteiger partial charge in [-0.3, -0.25) is 4.90 Å². The van der Waals surface area contributed by atoms with Crippen molar-refractivity contribution < 1.29 is 0 Å². The fourth-order valence-corrected chi connectivity index (χ4v) is 3.21. The normalized spacial score (nSPS) is 16.4. The van der Waals surface area contributed by atoms with Crippen molar-refractivity contribution in [1.82, 2.24) is 14.9 Å². The number of anilines is 1. The number of aryl methyl sites for hydroxylation is 1. The Morgan fingerprint density at radius 2 is 1.91 bits per heavy atom. The minimum absolute atomic E-state index is 0.342. The van der Waals surface area contributed by atoms with Gasteiger partial charge in [0.05, 0.1) is 6.04 Å². The molecule has 2 heterocycles. The molecule has 0 saturated carbocycles. The van der Waals surface area contributed by atoms with E-state index in [1.54, 1.807) is 6.33 Å². The second kappa shape index (κ2) is 7.75. The predicted octanol–water partition coefficient (Wildman–Crippen LogP) is 3.94. The number of nitrogens with zero attached hydrogens (tertiary/aromatic N) is 3. The fourth-order valence-electron chi connectivity index (χ4n) is 3.08. The maximum Gasteiger partial charge on any atom is 0.129 e. The highest BCUT2D eigenvalue weighted by Crippen LogP contribution is 2.26. The fraction of sp³-hybridized carbons (Fsp3) is 0.444. The Morgan fingerprint density at radius 1 is 1.17 bits per heavy atom. The molecule has 0 amide bonds. The minimum Gasteiger partial charge on any atom is -0.368 e. The van der Waals surface area contributed by atoms with Gasteiger partial charge in [-0.25, -0.2) is 9.97 Å². The summed E-state index contributed by atoms with van der Waals surface area (Å²) in [6.07, 6.45) is 5.10. The Morgan fingerprint density at radius 3 is 2.61 bits per heavy atom. The number of hydrogen-bond donors (Lipinski definition) is 1. The Labute approximate surface area is 142 Å². The Kier molecular flexibility index (Phi) is 5.47. The third-order valence-corrected chi connectivity index (χ3v) is 4.65. The molecular formula is C18H23ClN4. The van der Waals surface area contributed by atoms with E-state index in [1.165, 1.54) is 18.4 Å². The molecule has 2 aromatic rings. The van der Waals surface area contributed by atoms with Gasteiger partial charge in [-0.05, 0) is 50.0 Å². The SMILES string of the molecule is CCc1cc(NCC(c2ccc(Cl)cc2)N2CCCC2)ncn1. The van der Waals surface area contributed by atoms with E-state index in [-0.39, 0.29) is 0 Å². The van der Waals surface area contributed by atoms with Gasteiger partial charge in [-0.1, -0.05) is 30.7 Å². The van der Waals surface area contributed by atoms with Crippen LogP contribution in [0.2, 0.25) is 5.02 Å². The van der Waals surface area contributed by atoms with Gasteiger partial charge in [0, 0.05) is 23.3 Å². The van der Waals surface area contributed by atoms with Crippen LogP contribution >= 0.6 is 11.6 Å². The summed E-state index contributed by atoms with van der Waals surface area (Å²) in [6, 6.07) is 10.6. The number of hydrogen-bond acceptors (Lipinski definition) is 4. The third kappa shape index (κ3) is 4.21. The van der Waals surface area contributed by atoms with Gasteiger partial charge in [-0.2, -0.15) is 0 Å². The molecule has 5 heteroatoms. The molecule has 1 aliphatic heterocycles. The first-order chi connectivity index (χ1) is 11.3. The smallest absolute Gasteiger partial charge is 0.129 e. The molecule has 1 aliphatic rings. The first kappa shape index (κ1) is 16.2. The highest BCUT2D eigenvalue weighted by atomic mass is 35.5. The van der Waals surface area contributed by atoms with Crippen LogP contribution in [-0.2, 0) is 6.42 Å². The molecule has 1 N–H and O–H groups in total. The van der Waals surface area contributed by atoms with Gasteiger partial charge in [0.25, 0.3) is 0 Å². The summed E-state index contributed by atoms with van der Waals surface area (Å²) in [5.74, 6) is 0.898. The summed E-state index contributed by atoms with van der Waals surface area (Å²) < 4.78 is 0. The highest BCUT2D eigenvalue weighted by molar-refractivity contribution is 6.30. The molecule has 1 fully saturated rings. The van der Waals surface area contributed by atoms with Crippen molar-refractivity contribution in [3.05, 3.63) is 52.9 Å². The summed E-state index contributed by atoms with van der Waals surface area (Å²) in [4.78, 5) is 11.1. The first-order valence-electron chi connectivity index (χ1n) is 8.30. The van der Waals surface area contributed by atoms with Gasteiger partial charge >= 0.3 is 0 Å². The molecule has 0 aliphatic carbocycles. The summed E-state index contributed by atoms with van der Waals surface area (Å²) in [5.41, 5.74) is 2.36. The van der Waals surface area contributed by atoms with Crippen molar-refractivity contribution in [3.63, 3.8) is 0 Å². The van der Waals surface area contributed by atoms with Crippen molar-refractivity contribution in [2.75, 3.05) is 25.0 Å². The van der Waals surface area contributed by atoms with Crippen molar-refractivity contribution in [1.29, 1.82) is 0 Å². The summed E-state index contributed by atoms with van der Waals surface area (Å²) >= 11 is 6.04. The average molecular weight is 331 g/mol. The molecule has 1 atom stereocenters. The third-order valence-electron chi connectivity index (χ3n) is 4.40. The van der Waals surface area contributed by atoms with Crippen molar-refractivity contribution in [2.24, 2.45) is 0 Å². The van der Waals surface area contributed by atoms with Crippen LogP contribution in [-0.4, -0.2) is 34.5 Å². The van der Waals surface area contributed by atoms with E-state index < -0.39 is 0 Å². The highest BCUT2D eigenvalue weighted by Gasteiger charge is 2.23. The Balaban J connectivity index is 1.74. The largest absolute Gasteiger partial charge is 0.368 e. The van der Waals surface area contributed by atoms with Crippen molar-refractivity contribution in [2.45, 2.75) is 32.2 Å². The number of aromatic nitrogens is 2. The van der Waals surface area contributed by atoms with Gasteiger partial charge in [0.15, 0.2) is 0 Å². The van der Waals surface area contributed by atoms with Crippen LogP contribution in [0.1, 0.15) is 37.1 Å². The lowest BCUT2D eigenvalue weighted by Gasteiger charge is -2.28. The van der Waals surface area contributed by atoms with E-state index in [0.29, 0.717) is 6.04 Å². The average Bonchev–Trinajstić information content (AvgIpc) is 3.11. The second-order valence-electron chi connectivity index (χ2n) is 5.94. The number of likely N-dealkylation sites (tertiary alicyclic amines) is 1. The summed E-state index contributed by atoms with van der Waals surface area (Å²) in [5, 5.41) is 4.27. The Bertz CT molecular complexity index is 623. The first-order valence-corrected chi connectivity index (χ1v) is 8.68. The summed E-state index contributed by atoms with van der Waals surface area (Å²) in [7, 11) is 0. The maximum absolute atomic E-state index is 6.04. The summed E-state index contributed by atoms with van der Waals surface area (Å²) in [6.45, 7) is 5.24. The maximum atomic E-state index is 6.04. The molecule has 0 radical (unpaired) electrons. The van der Waals surface area contributed by atoms with Crippen LogP contribution in [0.25, 0.3) is 0 Å². The minimum atomic E-state index is 0.342. The zero-order valence-corrected chi connectivity index (χ0v) is 14.3. The van der Waals surface area contributed by atoms with Crippen LogP contribution in [0.15, 0.2) is 36.7 Å². The standard InChI is InChI=1S/C18H23ClN4/c1-2-16-11-18(22-13-21-16)20-12-17(23-9-3-4-10-23)14-5-7-15(19)8-6-14/h5-8,11,13,17H,2-4,9-10,12H2,1H3,(H,20,21,22). The zero-order valence-electron chi connectivity index (χ0n) is 13.5. The van der Waals surface area contributed by atoms with Gasteiger partial charge in [-0.15, -0.1) is 0 Å². The van der Waals surface area contributed by atoms with Crippen molar-refractivity contribution >= 4 is 17.4 Å². The topological polar surface area (TPSA) is 41.0 Å². The monoisotopic (exact) mass is 330 g/mol. The molecule has 0 bridgehead atoms. The number of benzene rings is 1. The van der Waals surface area contributed by atoms with Gasteiger partial charge in [0.1, 0.15) is 12.1 Å². The van der Waals surface area contributed by atoms with E-state index in [1.807, 2.05) is 18.2 Å². The van der Waals surface area contributed by atoms with Gasteiger partial charge in [0.2, 0.25) is 0 Å². The molecule has 1 saturated heterocycles. The van der Waals surface area contributed by atoms with Crippen LogP contribution in [0.3, 0.4) is 0 Å². The molecular weight excluding hydrogens is 308 g/mol. The second-order valence-corrected chi connectivity index (χ2v) is 6.38. The van der Waals surface area contributed by atoms with Crippen molar-refractivity contribution in [3.8, 4) is 0 Å². The molecule has 1 unspecified atom stereocenters. The Hall–Kier alpha value is -1.65. The molecule has 1 aromatic carbocycles. The van der Waals surface area contributed by atoms with E-state index in [0.717, 1.165) is 42.6 Å².